The molecule has 5 aromatic rings. The molecule has 2 aromatic heterocycles. The number of rotatable bonds is 3. The molecule has 0 amide bonds. The van der Waals surface area contributed by atoms with Crippen LogP contribution in [0.4, 0.5) is 17.3 Å². The van der Waals surface area contributed by atoms with Gasteiger partial charge < -0.3 is 26.1 Å². The molecule has 11 heteroatoms. The number of halogens is 5. The van der Waals surface area contributed by atoms with E-state index in [0.717, 1.165) is 22.2 Å². The summed E-state index contributed by atoms with van der Waals surface area (Å²) in [6.45, 7) is 10.6. The van der Waals surface area contributed by atoms with Crippen molar-refractivity contribution < 1.29 is 43.4 Å². The van der Waals surface area contributed by atoms with Gasteiger partial charge in [0, 0.05) is 0 Å². The number of nitrogens with zero attached hydrogens (tertiary/aromatic N) is 2. The maximum atomic E-state index is 9.75. The molecule has 0 N–H and O–H groups in total. The van der Waals surface area contributed by atoms with Gasteiger partial charge in [0.2, 0.25) is 11.8 Å². The normalized spacial score (nSPS) is 10.8. The minimum absolute atomic E-state index is 0.460. The van der Waals surface area contributed by atoms with Crippen LogP contribution in [-0.2, 0) is 23.7 Å². The van der Waals surface area contributed by atoms with Gasteiger partial charge >= 0.3 is 34.3 Å². The molecular formula is C27H28BClF4N2O2Ru. The SMILES string of the molecule is Cc1ccc(C(C)C)cc1.Cc1ccc2oc(Cc3nc4cc(C)ccc4o3)nc2c1.F[B-](F)(F)F.[Cl][Ru+]. The van der Waals surface area contributed by atoms with Gasteiger partial charge in [-0.15, -0.1) is 0 Å². The summed E-state index contributed by atoms with van der Waals surface area (Å²) in [7, 11) is -1.43. The Hall–Kier alpha value is -2.70. The topological polar surface area (TPSA) is 52.1 Å². The van der Waals surface area contributed by atoms with E-state index in [0.29, 0.717) is 24.1 Å². The van der Waals surface area contributed by atoms with Crippen LogP contribution < -0.4 is 0 Å². The van der Waals surface area contributed by atoms with E-state index in [4.69, 9.17) is 8.83 Å². The van der Waals surface area contributed by atoms with E-state index in [1.165, 1.54) is 22.3 Å². The number of oxazole rings is 2. The number of aryl methyl sites for hydroxylation is 3. The fourth-order valence-corrected chi connectivity index (χ4v) is 3.40. The molecule has 0 saturated carbocycles. The molecule has 5 rings (SSSR count). The number of benzene rings is 3. The predicted octanol–water partition coefficient (Wildman–Crippen LogP) is 9.28. The second kappa shape index (κ2) is 14.5. The molecular weight excluding hydrogens is 608 g/mol. The first-order valence-corrected chi connectivity index (χ1v) is 13.9. The summed E-state index contributed by atoms with van der Waals surface area (Å²) in [5, 5.41) is 0. The van der Waals surface area contributed by atoms with Gasteiger partial charge in [-0.1, -0.05) is 55.8 Å². The summed E-state index contributed by atoms with van der Waals surface area (Å²) in [5.41, 5.74) is 8.42. The van der Waals surface area contributed by atoms with Gasteiger partial charge in [0.05, 0.1) is 0 Å². The molecule has 0 bridgehead atoms. The van der Waals surface area contributed by atoms with Crippen molar-refractivity contribution >= 4 is 39.1 Å². The average Bonchev–Trinajstić information content (AvgIpc) is 3.42. The van der Waals surface area contributed by atoms with E-state index in [9.17, 15) is 17.3 Å². The van der Waals surface area contributed by atoms with Crippen molar-refractivity contribution in [3.8, 4) is 0 Å². The van der Waals surface area contributed by atoms with Crippen molar-refractivity contribution in [2.45, 2.75) is 47.0 Å². The molecule has 0 spiro atoms. The Balaban J connectivity index is 0.000000249. The van der Waals surface area contributed by atoms with E-state index in [1.54, 1.807) is 0 Å². The second-order valence-electron chi connectivity index (χ2n) is 8.89. The Kier molecular flexibility index (Phi) is 12.0. The Morgan fingerprint density at radius 3 is 1.45 bits per heavy atom. The molecule has 0 saturated heterocycles. The summed E-state index contributed by atoms with van der Waals surface area (Å²) >= 11 is 1.82. The molecule has 0 fully saturated rings. The van der Waals surface area contributed by atoms with Gasteiger partial charge in [0.25, 0.3) is 0 Å². The van der Waals surface area contributed by atoms with E-state index in [-0.39, 0.29) is 0 Å². The minimum atomic E-state index is -6.00. The molecule has 3 aromatic carbocycles. The van der Waals surface area contributed by atoms with Gasteiger partial charge in [0.1, 0.15) is 17.5 Å². The van der Waals surface area contributed by atoms with Gasteiger partial charge in [-0.05, 0) is 67.6 Å². The van der Waals surface area contributed by atoms with E-state index >= 15 is 0 Å². The Morgan fingerprint density at radius 1 is 0.711 bits per heavy atom. The van der Waals surface area contributed by atoms with Crippen LogP contribution >= 0.6 is 9.69 Å². The van der Waals surface area contributed by atoms with Crippen LogP contribution in [0.5, 0.6) is 0 Å². The van der Waals surface area contributed by atoms with E-state index in [1.807, 2.05) is 67.6 Å². The average molecular weight is 636 g/mol. The third-order valence-electron chi connectivity index (χ3n) is 5.22. The number of aromatic nitrogens is 2. The third-order valence-corrected chi connectivity index (χ3v) is 5.22. The summed E-state index contributed by atoms with van der Waals surface area (Å²) in [6.07, 6.45) is 0.460. The van der Waals surface area contributed by atoms with Crippen LogP contribution in [0, 0.1) is 20.8 Å². The van der Waals surface area contributed by atoms with Crippen molar-refractivity contribution in [2.24, 2.45) is 0 Å². The standard InChI is InChI=1S/C17H14N2O2.C10H14.BF4.ClH.Ru/c1-10-3-5-14-12(7-10)18-16(20-14)9-17-19-13-8-11(2)4-6-15(13)21-17;1-8(2)10-6-4-9(3)5-7-10;2-1(3,4)5;;/h3-8H,9H2,1-2H3;4-8H,1-3H3;;1H;/q;;-1;;+2/p-1. The Bertz CT molecular complexity index is 1350. The van der Waals surface area contributed by atoms with Gasteiger partial charge in [-0.2, -0.15) is 0 Å². The summed E-state index contributed by atoms with van der Waals surface area (Å²) in [4.78, 5) is 8.98. The molecule has 0 atom stereocenters. The van der Waals surface area contributed by atoms with Crippen molar-refractivity contribution in [2.75, 3.05) is 0 Å². The van der Waals surface area contributed by atoms with E-state index in [2.05, 4.69) is 64.7 Å². The fraction of sp³-hybridized carbons (Fsp3) is 0.259. The molecule has 0 radical (unpaired) electrons. The first-order valence-electron chi connectivity index (χ1n) is 11.7. The zero-order chi connectivity index (χ0) is 28.5. The van der Waals surface area contributed by atoms with E-state index < -0.39 is 7.25 Å². The van der Waals surface area contributed by atoms with Crippen LogP contribution in [0.25, 0.3) is 22.2 Å². The van der Waals surface area contributed by atoms with Crippen molar-refractivity contribution in [3.05, 3.63) is 94.7 Å². The fourth-order valence-electron chi connectivity index (χ4n) is 3.40. The predicted molar refractivity (Wildman–Crippen MR) is 142 cm³/mol. The maximum absolute atomic E-state index is 9.75. The number of hydrogen-bond donors (Lipinski definition) is 0. The van der Waals surface area contributed by atoms with Crippen LogP contribution in [0.3, 0.4) is 0 Å². The number of fused-ring (bicyclic) bond motifs is 2. The number of hydrogen-bond acceptors (Lipinski definition) is 4. The summed E-state index contributed by atoms with van der Waals surface area (Å²) < 4.78 is 50.5. The van der Waals surface area contributed by atoms with Gasteiger partial charge in [-0.3, -0.25) is 0 Å². The molecule has 0 unspecified atom stereocenters. The second-order valence-corrected chi connectivity index (χ2v) is 8.89. The zero-order valence-electron chi connectivity index (χ0n) is 21.6. The van der Waals surface area contributed by atoms with Crippen molar-refractivity contribution in [3.63, 3.8) is 0 Å². The Morgan fingerprint density at radius 2 is 1.08 bits per heavy atom. The van der Waals surface area contributed by atoms with Crippen LogP contribution in [0.1, 0.15) is 53.8 Å². The molecule has 2 heterocycles. The molecule has 38 heavy (non-hydrogen) atoms. The van der Waals surface area contributed by atoms with Crippen molar-refractivity contribution in [1.29, 1.82) is 0 Å². The van der Waals surface area contributed by atoms with Crippen LogP contribution in [0.15, 0.2) is 69.5 Å². The first kappa shape index (κ1) is 31.5. The molecule has 0 aliphatic heterocycles. The van der Waals surface area contributed by atoms with Gasteiger partial charge in [0.15, 0.2) is 11.2 Å². The summed E-state index contributed by atoms with van der Waals surface area (Å²) in [5.74, 6) is 1.90. The monoisotopic (exact) mass is 636 g/mol. The Labute approximate surface area is 233 Å². The molecule has 0 aliphatic rings. The van der Waals surface area contributed by atoms with Crippen LogP contribution in [-0.4, -0.2) is 17.2 Å². The van der Waals surface area contributed by atoms with Crippen molar-refractivity contribution in [1.82, 2.24) is 9.97 Å². The quantitative estimate of drug-likeness (QED) is 0.146. The zero-order valence-corrected chi connectivity index (χ0v) is 24.1. The van der Waals surface area contributed by atoms with Crippen LogP contribution in [0.2, 0.25) is 0 Å². The first-order chi connectivity index (χ1) is 17.9. The van der Waals surface area contributed by atoms with Gasteiger partial charge in [-0.25, -0.2) is 9.97 Å². The molecule has 0 aliphatic carbocycles. The molecule has 204 valence electrons. The molecule has 4 nitrogen and oxygen atoms in total. The third kappa shape index (κ3) is 10.6. The summed E-state index contributed by atoms with van der Waals surface area (Å²) in [6, 6.07) is 20.6.